The van der Waals surface area contributed by atoms with E-state index in [2.05, 4.69) is 35.0 Å². The zero-order valence-corrected chi connectivity index (χ0v) is 21.2. The molecular weight excluding hydrogens is 493 g/mol. The van der Waals surface area contributed by atoms with E-state index in [0.717, 1.165) is 64.2 Å². The minimum absolute atomic E-state index is 0.310. The van der Waals surface area contributed by atoms with Gasteiger partial charge >= 0.3 is 0 Å². The Labute approximate surface area is 223 Å². The monoisotopic (exact) mass is 519 g/mol. The number of pyridine rings is 3. The molecule has 9 heteroatoms. The fraction of sp³-hybridized carbons (Fsp3) is 0.200. The molecular formula is C30H26FN7O. The van der Waals surface area contributed by atoms with E-state index < -0.39 is 0 Å². The first-order valence-corrected chi connectivity index (χ1v) is 13.1. The third-order valence-corrected chi connectivity index (χ3v) is 7.27. The van der Waals surface area contributed by atoms with Crippen molar-refractivity contribution in [2.75, 3.05) is 26.2 Å². The van der Waals surface area contributed by atoms with Crippen LogP contribution in [0.4, 0.5) is 4.39 Å². The number of fused-ring (bicyclic) bond motifs is 2. The number of nitrogens with zero attached hydrogens (tertiary/aromatic N) is 5. The third-order valence-electron chi connectivity index (χ3n) is 7.27. The molecule has 7 rings (SSSR count). The predicted octanol–water partition coefficient (Wildman–Crippen LogP) is 5.84. The molecule has 6 heterocycles. The first-order chi connectivity index (χ1) is 19.2. The van der Waals surface area contributed by atoms with E-state index in [1.54, 1.807) is 30.7 Å². The second-order valence-corrected chi connectivity index (χ2v) is 9.78. The standard InChI is InChI=1S/C30H26FN7O/c31-25-6-2-1-5-22(25)28-23-15-27(35-26(23)7-8-33-28)29-24-14-20(17-34-30(24)37-36-29)19-13-21(18-32-16-19)39-12-11-38-9-3-4-10-38/h1-2,5-8,13-18,35H,3-4,9-12H2,(H,34,36,37). The van der Waals surface area contributed by atoms with Crippen molar-refractivity contribution in [1.29, 1.82) is 0 Å². The Kier molecular flexibility index (Phi) is 5.97. The van der Waals surface area contributed by atoms with Crippen molar-refractivity contribution in [3.05, 3.63) is 79.1 Å². The van der Waals surface area contributed by atoms with E-state index in [1.165, 1.54) is 18.9 Å². The molecule has 0 unspecified atom stereocenters. The number of likely N-dealkylation sites (tertiary alicyclic amines) is 1. The number of rotatable bonds is 7. The minimum atomic E-state index is -0.310. The summed E-state index contributed by atoms with van der Waals surface area (Å²) in [6.45, 7) is 3.86. The van der Waals surface area contributed by atoms with Gasteiger partial charge in [0.1, 0.15) is 23.9 Å². The van der Waals surface area contributed by atoms with Crippen LogP contribution >= 0.6 is 0 Å². The van der Waals surface area contributed by atoms with Gasteiger partial charge in [0.25, 0.3) is 0 Å². The van der Waals surface area contributed by atoms with Gasteiger partial charge in [-0.15, -0.1) is 0 Å². The summed E-state index contributed by atoms with van der Waals surface area (Å²) in [5.41, 5.74) is 5.90. The smallest absolute Gasteiger partial charge is 0.155 e. The molecule has 0 spiro atoms. The first-order valence-electron chi connectivity index (χ1n) is 13.1. The largest absolute Gasteiger partial charge is 0.491 e. The second kappa shape index (κ2) is 9.92. The fourth-order valence-corrected chi connectivity index (χ4v) is 5.27. The molecule has 194 valence electrons. The van der Waals surface area contributed by atoms with Gasteiger partial charge in [0, 0.05) is 58.1 Å². The quantitative estimate of drug-likeness (QED) is 0.275. The highest BCUT2D eigenvalue weighted by Gasteiger charge is 2.17. The lowest BCUT2D eigenvalue weighted by molar-refractivity contribution is 0.237. The summed E-state index contributed by atoms with van der Waals surface area (Å²) in [7, 11) is 0. The molecule has 1 aromatic carbocycles. The molecule has 0 amide bonds. The van der Waals surface area contributed by atoms with Gasteiger partial charge in [0.2, 0.25) is 0 Å². The van der Waals surface area contributed by atoms with E-state index >= 15 is 0 Å². The number of benzene rings is 1. The maximum Gasteiger partial charge on any atom is 0.155 e. The minimum Gasteiger partial charge on any atom is -0.491 e. The Balaban J connectivity index is 1.21. The number of hydrogen-bond acceptors (Lipinski definition) is 6. The average molecular weight is 520 g/mol. The Bertz CT molecular complexity index is 1790. The van der Waals surface area contributed by atoms with Crippen molar-refractivity contribution in [1.82, 2.24) is 35.0 Å². The molecule has 1 aliphatic rings. The molecule has 39 heavy (non-hydrogen) atoms. The van der Waals surface area contributed by atoms with Crippen LogP contribution in [-0.4, -0.2) is 61.3 Å². The molecule has 5 aromatic heterocycles. The van der Waals surface area contributed by atoms with Crippen molar-refractivity contribution in [2.24, 2.45) is 0 Å². The van der Waals surface area contributed by atoms with E-state index in [0.29, 0.717) is 23.5 Å². The highest BCUT2D eigenvalue weighted by atomic mass is 19.1. The maximum atomic E-state index is 14.6. The van der Waals surface area contributed by atoms with Crippen LogP contribution in [0.25, 0.3) is 55.7 Å². The summed E-state index contributed by atoms with van der Waals surface area (Å²) in [6.07, 6.45) is 9.58. The first kappa shape index (κ1) is 23.5. The lowest BCUT2D eigenvalue weighted by Gasteiger charge is -2.15. The van der Waals surface area contributed by atoms with E-state index in [-0.39, 0.29) is 5.82 Å². The lowest BCUT2D eigenvalue weighted by atomic mass is 10.1. The number of aromatic amines is 2. The van der Waals surface area contributed by atoms with Crippen molar-refractivity contribution in [2.45, 2.75) is 12.8 Å². The van der Waals surface area contributed by atoms with Crippen molar-refractivity contribution in [3.63, 3.8) is 0 Å². The zero-order valence-electron chi connectivity index (χ0n) is 21.2. The number of halogens is 1. The Morgan fingerprint density at radius 1 is 0.897 bits per heavy atom. The molecule has 0 aliphatic carbocycles. The van der Waals surface area contributed by atoms with Crippen LogP contribution in [0.5, 0.6) is 5.75 Å². The predicted molar refractivity (Wildman–Crippen MR) is 149 cm³/mol. The van der Waals surface area contributed by atoms with Crippen LogP contribution in [0.2, 0.25) is 0 Å². The van der Waals surface area contributed by atoms with E-state index in [1.807, 2.05) is 36.5 Å². The van der Waals surface area contributed by atoms with Crippen LogP contribution in [0.15, 0.2) is 73.3 Å². The van der Waals surface area contributed by atoms with Crippen LogP contribution in [0, 0.1) is 5.82 Å². The van der Waals surface area contributed by atoms with Gasteiger partial charge in [0.05, 0.1) is 17.6 Å². The maximum absolute atomic E-state index is 14.6. The summed E-state index contributed by atoms with van der Waals surface area (Å²) in [5.74, 6) is 0.429. The van der Waals surface area contributed by atoms with Gasteiger partial charge in [0.15, 0.2) is 5.65 Å². The van der Waals surface area contributed by atoms with Gasteiger partial charge < -0.3 is 9.72 Å². The number of ether oxygens (including phenoxy) is 1. The lowest BCUT2D eigenvalue weighted by Crippen LogP contribution is -2.25. The van der Waals surface area contributed by atoms with Gasteiger partial charge in [-0.05, 0) is 62.3 Å². The van der Waals surface area contributed by atoms with Crippen molar-refractivity contribution < 1.29 is 9.13 Å². The molecule has 0 atom stereocenters. The van der Waals surface area contributed by atoms with Crippen LogP contribution in [0.3, 0.4) is 0 Å². The van der Waals surface area contributed by atoms with E-state index in [4.69, 9.17) is 4.74 Å². The van der Waals surface area contributed by atoms with Crippen molar-refractivity contribution >= 4 is 21.9 Å². The van der Waals surface area contributed by atoms with Gasteiger partial charge in [-0.25, -0.2) is 9.37 Å². The Morgan fingerprint density at radius 3 is 2.67 bits per heavy atom. The number of H-pyrrole nitrogens is 2. The van der Waals surface area contributed by atoms with Gasteiger partial charge in [-0.2, -0.15) is 5.10 Å². The summed E-state index contributed by atoms with van der Waals surface area (Å²) in [4.78, 5) is 19.3. The van der Waals surface area contributed by atoms with E-state index in [9.17, 15) is 4.39 Å². The molecule has 1 fully saturated rings. The molecule has 6 aromatic rings. The number of aromatic nitrogens is 6. The van der Waals surface area contributed by atoms with Crippen LogP contribution < -0.4 is 4.74 Å². The molecule has 0 saturated carbocycles. The molecule has 1 aliphatic heterocycles. The summed E-state index contributed by atoms with van der Waals surface area (Å²) in [6, 6.07) is 14.5. The fourth-order valence-electron chi connectivity index (χ4n) is 5.27. The van der Waals surface area contributed by atoms with Gasteiger partial charge in [-0.3, -0.25) is 20.0 Å². The number of nitrogens with one attached hydrogen (secondary N) is 2. The molecule has 8 nitrogen and oxygen atoms in total. The molecule has 1 saturated heterocycles. The second-order valence-electron chi connectivity index (χ2n) is 9.78. The topological polar surface area (TPSA) is 95.6 Å². The summed E-state index contributed by atoms with van der Waals surface area (Å²) >= 11 is 0. The summed E-state index contributed by atoms with van der Waals surface area (Å²) < 4.78 is 20.6. The average Bonchev–Trinajstić information content (AvgIpc) is 3.73. The number of hydrogen-bond donors (Lipinski definition) is 2. The SMILES string of the molecule is Fc1ccccc1-c1nccc2[nH]c(-c3n[nH]c4ncc(-c5cncc(OCCN6CCCC6)c5)cc34)cc12. The molecule has 2 N–H and O–H groups in total. The van der Waals surface area contributed by atoms with Crippen molar-refractivity contribution in [3.8, 4) is 39.5 Å². The van der Waals surface area contributed by atoms with Gasteiger partial charge in [-0.1, -0.05) is 12.1 Å². The molecule has 0 radical (unpaired) electrons. The third kappa shape index (κ3) is 4.51. The normalized spacial score (nSPS) is 14.0. The highest BCUT2D eigenvalue weighted by Crippen LogP contribution is 2.34. The zero-order chi connectivity index (χ0) is 26.2. The van der Waals surface area contributed by atoms with Crippen LogP contribution in [-0.2, 0) is 0 Å². The van der Waals surface area contributed by atoms with Crippen LogP contribution in [0.1, 0.15) is 12.8 Å². The molecule has 0 bridgehead atoms. The summed E-state index contributed by atoms with van der Waals surface area (Å²) in [5, 5.41) is 9.26. The Hall–Kier alpha value is -4.63. The Morgan fingerprint density at radius 2 is 1.77 bits per heavy atom. The highest BCUT2D eigenvalue weighted by molar-refractivity contribution is 6.00.